The fourth-order valence-electron chi connectivity index (χ4n) is 0.741. The van der Waals surface area contributed by atoms with Gasteiger partial charge in [0.05, 0.1) is 18.2 Å². The Hall–Kier alpha value is -1.83. The topological polar surface area (TPSA) is 92.9 Å². The molecule has 5 heteroatoms. The lowest BCUT2D eigenvalue weighted by molar-refractivity contribution is -0.117. The molecule has 5 nitrogen and oxygen atoms in total. The Morgan fingerprint density at radius 1 is 1.83 bits per heavy atom. The third-order valence-electron chi connectivity index (χ3n) is 1.18. The molecule has 1 rings (SSSR count). The minimum Gasteiger partial charge on any atom is -0.448 e. The number of amides is 1. The number of nitrogens with zero attached hydrogens (tertiary/aromatic N) is 2. The van der Waals surface area contributed by atoms with Crippen LogP contribution in [0.15, 0.2) is 10.7 Å². The van der Waals surface area contributed by atoms with Gasteiger partial charge < -0.3 is 10.2 Å². The molecule has 62 valence electrons. The van der Waals surface area contributed by atoms with E-state index in [1.165, 1.54) is 6.26 Å². The maximum absolute atomic E-state index is 10.4. The maximum atomic E-state index is 10.4. The van der Waals surface area contributed by atoms with Gasteiger partial charge in [0.25, 0.3) is 0 Å². The summed E-state index contributed by atoms with van der Waals surface area (Å²) >= 11 is 0. The van der Waals surface area contributed by atoms with Crippen LogP contribution < -0.4 is 5.73 Å². The molecule has 0 fully saturated rings. The van der Waals surface area contributed by atoms with E-state index < -0.39 is 5.91 Å². The van der Waals surface area contributed by atoms with Crippen LogP contribution in [0.4, 0.5) is 0 Å². The van der Waals surface area contributed by atoms with Crippen molar-refractivity contribution in [1.29, 1.82) is 5.26 Å². The van der Waals surface area contributed by atoms with E-state index in [1.54, 1.807) is 0 Å². The molecule has 1 amide bonds. The lowest BCUT2D eigenvalue weighted by Gasteiger charge is -1.85. The predicted molar refractivity (Wildman–Crippen MR) is 38.7 cm³/mol. The molecule has 0 aliphatic heterocycles. The van der Waals surface area contributed by atoms with Crippen molar-refractivity contribution in [2.45, 2.75) is 12.8 Å². The highest BCUT2D eigenvalue weighted by molar-refractivity contribution is 5.75. The van der Waals surface area contributed by atoms with Gasteiger partial charge in [-0.1, -0.05) is 0 Å². The van der Waals surface area contributed by atoms with Gasteiger partial charge in [-0.15, -0.1) is 0 Å². The largest absolute Gasteiger partial charge is 0.448 e. The smallest absolute Gasteiger partial charge is 0.226 e. The molecule has 2 N–H and O–H groups in total. The number of primary amides is 1. The number of hydrogen-bond donors (Lipinski definition) is 1. The predicted octanol–water partition coefficient (Wildman–Crippen LogP) is -0.232. The van der Waals surface area contributed by atoms with Crippen molar-refractivity contribution in [2.24, 2.45) is 5.73 Å². The first kappa shape index (κ1) is 8.27. The van der Waals surface area contributed by atoms with Crippen molar-refractivity contribution in [1.82, 2.24) is 4.98 Å². The molecule has 0 saturated heterocycles. The van der Waals surface area contributed by atoms with Crippen LogP contribution in [0.1, 0.15) is 11.6 Å². The number of carbonyl (C=O) groups excluding carboxylic acids is 1. The Morgan fingerprint density at radius 2 is 2.58 bits per heavy atom. The van der Waals surface area contributed by atoms with Gasteiger partial charge in [-0.2, -0.15) is 5.26 Å². The second kappa shape index (κ2) is 3.53. The zero-order valence-corrected chi connectivity index (χ0v) is 6.28. The summed E-state index contributed by atoms with van der Waals surface area (Å²) in [6, 6.07) is 1.91. The lowest BCUT2D eigenvalue weighted by atomic mass is 10.4. The quantitative estimate of drug-likeness (QED) is 0.669. The number of rotatable bonds is 3. The highest BCUT2D eigenvalue weighted by Gasteiger charge is 2.05. The SMILES string of the molecule is N#CCc1coc(CC(N)=O)n1. The average molecular weight is 165 g/mol. The lowest BCUT2D eigenvalue weighted by Crippen LogP contribution is -2.13. The second-order valence-electron chi connectivity index (χ2n) is 2.21. The highest BCUT2D eigenvalue weighted by atomic mass is 16.3. The zero-order chi connectivity index (χ0) is 8.97. The van der Waals surface area contributed by atoms with E-state index in [-0.39, 0.29) is 18.7 Å². The summed E-state index contributed by atoms with van der Waals surface area (Å²) in [7, 11) is 0. The molecular formula is C7H7N3O2. The van der Waals surface area contributed by atoms with Crippen molar-refractivity contribution in [3.63, 3.8) is 0 Å². The molecular weight excluding hydrogens is 158 g/mol. The summed E-state index contributed by atoms with van der Waals surface area (Å²) < 4.78 is 4.86. The minimum absolute atomic E-state index is 0.0224. The van der Waals surface area contributed by atoms with Gasteiger partial charge in [0.1, 0.15) is 12.7 Å². The van der Waals surface area contributed by atoms with Crippen LogP contribution in [0.5, 0.6) is 0 Å². The molecule has 0 atom stereocenters. The van der Waals surface area contributed by atoms with E-state index in [4.69, 9.17) is 15.4 Å². The van der Waals surface area contributed by atoms with Crippen LogP contribution in [-0.4, -0.2) is 10.9 Å². The first-order chi connectivity index (χ1) is 5.72. The Balaban J connectivity index is 2.65. The fourth-order valence-corrected chi connectivity index (χ4v) is 0.741. The number of carbonyl (C=O) groups is 1. The molecule has 0 aliphatic carbocycles. The van der Waals surface area contributed by atoms with E-state index in [9.17, 15) is 4.79 Å². The summed E-state index contributed by atoms with van der Waals surface area (Å²) in [6.45, 7) is 0. The summed E-state index contributed by atoms with van der Waals surface area (Å²) in [5.74, 6) is -0.242. The first-order valence-electron chi connectivity index (χ1n) is 3.31. The Morgan fingerprint density at radius 3 is 3.17 bits per heavy atom. The number of nitrogens with two attached hydrogens (primary N) is 1. The molecule has 0 saturated carbocycles. The van der Waals surface area contributed by atoms with Crippen LogP contribution in [0, 0.1) is 11.3 Å². The molecule has 0 radical (unpaired) electrons. The molecule has 1 heterocycles. The van der Waals surface area contributed by atoms with Gasteiger partial charge in [0, 0.05) is 0 Å². The summed E-state index contributed by atoms with van der Waals surface area (Å²) in [5.41, 5.74) is 5.43. The Bertz CT molecular complexity index is 324. The van der Waals surface area contributed by atoms with Gasteiger partial charge in [-0.3, -0.25) is 4.79 Å². The minimum atomic E-state index is -0.500. The molecule has 1 aromatic heterocycles. The zero-order valence-electron chi connectivity index (χ0n) is 6.28. The molecule has 0 bridgehead atoms. The molecule has 0 aromatic carbocycles. The van der Waals surface area contributed by atoms with Crippen LogP contribution in [0.2, 0.25) is 0 Å². The van der Waals surface area contributed by atoms with Gasteiger partial charge in [0.15, 0.2) is 0 Å². The third-order valence-corrected chi connectivity index (χ3v) is 1.18. The first-order valence-corrected chi connectivity index (χ1v) is 3.31. The van der Waals surface area contributed by atoms with Crippen molar-refractivity contribution in [3.8, 4) is 6.07 Å². The fraction of sp³-hybridized carbons (Fsp3) is 0.286. The van der Waals surface area contributed by atoms with Crippen LogP contribution >= 0.6 is 0 Å². The molecule has 0 unspecified atom stereocenters. The van der Waals surface area contributed by atoms with E-state index in [2.05, 4.69) is 4.98 Å². The normalized spacial score (nSPS) is 9.25. The van der Waals surface area contributed by atoms with Crippen LogP contribution in [-0.2, 0) is 17.6 Å². The number of aromatic nitrogens is 1. The average Bonchev–Trinajstić information content (AvgIpc) is 2.36. The van der Waals surface area contributed by atoms with E-state index in [0.717, 1.165) is 0 Å². The van der Waals surface area contributed by atoms with Crippen LogP contribution in [0.25, 0.3) is 0 Å². The standard InChI is InChI=1S/C7H7N3O2/c8-2-1-5-4-12-7(10-5)3-6(9)11/h4H,1,3H2,(H2,9,11). The van der Waals surface area contributed by atoms with Crippen molar-refractivity contribution >= 4 is 5.91 Å². The van der Waals surface area contributed by atoms with E-state index in [0.29, 0.717) is 5.69 Å². The third kappa shape index (κ3) is 2.09. The van der Waals surface area contributed by atoms with Crippen molar-refractivity contribution < 1.29 is 9.21 Å². The van der Waals surface area contributed by atoms with Crippen LogP contribution in [0.3, 0.4) is 0 Å². The van der Waals surface area contributed by atoms with Gasteiger partial charge in [-0.05, 0) is 0 Å². The van der Waals surface area contributed by atoms with E-state index in [1.807, 2.05) is 6.07 Å². The van der Waals surface area contributed by atoms with Gasteiger partial charge in [0.2, 0.25) is 11.8 Å². The summed E-state index contributed by atoms with van der Waals surface area (Å²) in [6.07, 6.45) is 1.51. The second-order valence-corrected chi connectivity index (χ2v) is 2.21. The Labute approximate surface area is 68.8 Å². The molecule has 0 aliphatic rings. The monoisotopic (exact) mass is 165 g/mol. The van der Waals surface area contributed by atoms with Gasteiger partial charge in [-0.25, -0.2) is 4.98 Å². The van der Waals surface area contributed by atoms with E-state index >= 15 is 0 Å². The molecule has 1 aromatic rings. The number of hydrogen-bond acceptors (Lipinski definition) is 4. The van der Waals surface area contributed by atoms with Crippen molar-refractivity contribution in [3.05, 3.63) is 17.8 Å². The van der Waals surface area contributed by atoms with Crippen molar-refractivity contribution in [2.75, 3.05) is 0 Å². The number of oxazole rings is 1. The maximum Gasteiger partial charge on any atom is 0.226 e. The summed E-state index contributed by atoms with van der Waals surface area (Å²) in [4.78, 5) is 14.2. The van der Waals surface area contributed by atoms with Gasteiger partial charge >= 0.3 is 0 Å². The molecule has 0 spiro atoms. The Kier molecular flexibility index (Phi) is 2.43. The number of nitriles is 1. The molecule has 12 heavy (non-hydrogen) atoms. The highest BCUT2D eigenvalue weighted by Crippen LogP contribution is 2.02. The summed E-state index contributed by atoms with van der Waals surface area (Å²) in [5, 5.41) is 8.29.